The van der Waals surface area contributed by atoms with Crippen LogP contribution >= 0.6 is 11.6 Å². The van der Waals surface area contributed by atoms with Gasteiger partial charge < -0.3 is 10.4 Å². The fraction of sp³-hybridized carbons (Fsp3) is 0.444. The van der Waals surface area contributed by atoms with Gasteiger partial charge in [0.25, 0.3) is 0 Å². The van der Waals surface area contributed by atoms with E-state index in [9.17, 15) is 0 Å². The number of halogens is 1. The fourth-order valence-electron chi connectivity index (χ4n) is 0.934. The second-order valence-corrected chi connectivity index (χ2v) is 3.16. The van der Waals surface area contributed by atoms with Crippen molar-refractivity contribution < 1.29 is 5.11 Å². The predicted octanol–water partition coefficient (Wildman–Crippen LogP) is 1.92. The second-order valence-electron chi connectivity index (χ2n) is 2.72. The van der Waals surface area contributed by atoms with Crippen molar-refractivity contribution in [1.29, 1.82) is 0 Å². The Hall–Kier alpha value is -0.800. The van der Waals surface area contributed by atoms with Crippen LogP contribution in [0.3, 0.4) is 0 Å². The average molecular weight is 201 g/mol. The molecule has 0 unspecified atom stereocenters. The highest BCUT2D eigenvalue weighted by Crippen LogP contribution is 2.09. The summed E-state index contributed by atoms with van der Waals surface area (Å²) < 4.78 is 0. The number of aliphatic hydroxyl groups is 1. The van der Waals surface area contributed by atoms with Crippen LogP contribution in [-0.4, -0.2) is 23.2 Å². The Labute approximate surface area is 82.8 Å². The molecule has 1 aromatic heterocycles. The molecule has 0 aliphatic rings. The van der Waals surface area contributed by atoms with E-state index in [0.717, 1.165) is 25.2 Å². The molecule has 72 valence electrons. The molecule has 1 aromatic rings. The molecule has 0 bridgehead atoms. The van der Waals surface area contributed by atoms with E-state index in [2.05, 4.69) is 10.3 Å². The smallest absolute Gasteiger partial charge is 0.125 e. The zero-order chi connectivity index (χ0) is 9.52. The minimum absolute atomic E-state index is 0.246. The Morgan fingerprint density at radius 3 is 2.85 bits per heavy atom. The van der Waals surface area contributed by atoms with Crippen LogP contribution in [0.25, 0.3) is 0 Å². The van der Waals surface area contributed by atoms with E-state index >= 15 is 0 Å². The number of aliphatic hydroxyl groups excluding tert-OH is 1. The Morgan fingerprint density at radius 1 is 1.38 bits per heavy atom. The van der Waals surface area contributed by atoms with Gasteiger partial charge in [-0.15, -0.1) is 0 Å². The summed E-state index contributed by atoms with van der Waals surface area (Å²) >= 11 is 5.67. The van der Waals surface area contributed by atoms with Gasteiger partial charge in [-0.1, -0.05) is 11.6 Å². The lowest BCUT2D eigenvalue weighted by Gasteiger charge is -2.03. The third-order valence-electron chi connectivity index (χ3n) is 1.62. The number of pyridine rings is 1. The van der Waals surface area contributed by atoms with Crippen molar-refractivity contribution in [3.63, 3.8) is 0 Å². The zero-order valence-corrected chi connectivity index (χ0v) is 8.09. The highest BCUT2D eigenvalue weighted by molar-refractivity contribution is 6.30. The standard InChI is InChI=1S/C9H13ClN2O/c10-8-3-4-9(12-7-8)11-5-1-2-6-13/h3-4,7,13H,1-2,5-6H2,(H,11,12). The van der Waals surface area contributed by atoms with Crippen LogP contribution in [0.1, 0.15) is 12.8 Å². The molecule has 0 saturated carbocycles. The fourth-order valence-corrected chi connectivity index (χ4v) is 1.05. The summed E-state index contributed by atoms with van der Waals surface area (Å²) in [5.74, 6) is 0.822. The first kappa shape index (κ1) is 10.3. The number of nitrogens with zero attached hydrogens (tertiary/aromatic N) is 1. The molecule has 0 saturated heterocycles. The van der Waals surface area contributed by atoms with Crippen LogP contribution < -0.4 is 5.32 Å². The molecule has 0 spiro atoms. The highest BCUT2D eigenvalue weighted by atomic mass is 35.5. The summed E-state index contributed by atoms with van der Waals surface area (Å²) in [6.45, 7) is 1.07. The minimum atomic E-state index is 0.246. The van der Waals surface area contributed by atoms with E-state index in [-0.39, 0.29) is 6.61 Å². The second kappa shape index (κ2) is 5.78. The van der Waals surface area contributed by atoms with Crippen molar-refractivity contribution in [2.24, 2.45) is 0 Å². The van der Waals surface area contributed by atoms with E-state index in [4.69, 9.17) is 16.7 Å². The molecule has 0 radical (unpaired) electrons. The summed E-state index contributed by atoms with van der Waals surface area (Å²) in [6.07, 6.45) is 3.37. The van der Waals surface area contributed by atoms with E-state index < -0.39 is 0 Å². The van der Waals surface area contributed by atoms with Crippen LogP contribution in [0.2, 0.25) is 5.02 Å². The first-order valence-electron chi connectivity index (χ1n) is 4.29. The Morgan fingerprint density at radius 2 is 2.23 bits per heavy atom. The first-order valence-corrected chi connectivity index (χ1v) is 4.67. The molecule has 4 heteroatoms. The number of aromatic nitrogens is 1. The van der Waals surface area contributed by atoms with E-state index in [1.165, 1.54) is 0 Å². The predicted molar refractivity (Wildman–Crippen MR) is 54.1 cm³/mol. The molecule has 1 rings (SSSR count). The lowest BCUT2D eigenvalue weighted by atomic mass is 10.3. The van der Waals surface area contributed by atoms with Gasteiger partial charge in [-0.25, -0.2) is 4.98 Å². The van der Waals surface area contributed by atoms with Gasteiger partial charge in [0, 0.05) is 19.3 Å². The SMILES string of the molecule is OCCCCNc1ccc(Cl)cn1. The number of rotatable bonds is 5. The molecule has 13 heavy (non-hydrogen) atoms. The number of unbranched alkanes of at least 4 members (excludes halogenated alkanes) is 1. The van der Waals surface area contributed by atoms with Gasteiger partial charge in [0.2, 0.25) is 0 Å². The highest BCUT2D eigenvalue weighted by Gasteiger charge is 1.92. The quantitative estimate of drug-likeness (QED) is 0.714. The lowest BCUT2D eigenvalue weighted by molar-refractivity contribution is 0.286. The molecule has 3 nitrogen and oxygen atoms in total. The molecule has 0 atom stereocenters. The molecule has 0 amide bonds. The van der Waals surface area contributed by atoms with Gasteiger partial charge in [-0.3, -0.25) is 0 Å². The van der Waals surface area contributed by atoms with Crippen LogP contribution in [0.15, 0.2) is 18.3 Å². The monoisotopic (exact) mass is 200 g/mol. The van der Waals surface area contributed by atoms with Crippen LogP contribution in [0.4, 0.5) is 5.82 Å². The van der Waals surface area contributed by atoms with Gasteiger partial charge in [0.05, 0.1) is 5.02 Å². The summed E-state index contributed by atoms with van der Waals surface area (Å²) in [4.78, 5) is 4.07. The minimum Gasteiger partial charge on any atom is -0.396 e. The molecule has 0 fully saturated rings. The summed E-state index contributed by atoms with van der Waals surface area (Å²) in [6, 6.07) is 3.63. The molecule has 0 aromatic carbocycles. The molecule has 0 aliphatic heterocycles. The van der Waals surface area contributed by atoms with Crippen molar-refractivity contribution in [3.8, 4) is 0 Å². The van der Waals surface area contributed by atoms with Crippen LogP contribution in [0, 0.1) is 0 Å². The van der Waals surface area contributed by atoms with E-state index in [1.807, 2.05) is 6.07 Å². The number of hydrogen-bond acceptors (Lipinski definition) is 3. The molecule has 2 N–H and O–H groups in total. The summed E-state index contributed by atoms with van der Waals surface area (Å²) in [5, 5.41) is 12.3. The summed E-state index contributed by atoms with van der Waals surface area (Å²) in [7, 11) is 0. The van der Waals surface area contributed by atoms with Crippen molar-refractivity contribution in [3.05, 3.63) is 23.4 Å². The van der Waals surface area contributed by atoms with Gasteiger partial charge in [-0.2, -0.15) is 0 Å². The topological polar surface area (TPSA) is 45.1 Å². The normalized spacial score (nSPS) is 10.0. The molecular formula is C9H13ClN2O. The number of nitrogens with one attached hydrogen (secondary N) is 1. The zero-order valence-electron chi connectivity index (χ0n) is 7.33. The Bertz CT molecular complexity index is 238. The van der Waals surface area contributed by atoms with E-state index in [1.54, 1.807) is 12.3 Å². The maximum atomic E-state index is 8.54. The average Bonchev–Trinajstić information content (AvgIpc) is 2.15. The van der Waals surface area contributed by atoms with Gasteiger partial charge in [-0.05, 0) is 25.0 Å². The van der Waals surface area contributed by atoms with Crippen molar-refractivity contribution in [2.45, 2.75) is 12.8 Å². The maximum absolute atomic E-state index is 8.54. The third kappa shape index (κ3) is 4.10. The maximum Gasteiger partial charge on any atom is 0.125 e. The van der Waals surface area contributed by atoms with Gasteiger partial charge in [0.1, 0.15) is 5.82 Å². The van der Waals surface area contributed by atoms with Crippen molar-refractivity contribution in [1.82, 2.24) is 4.98 Å². The van der Waals surface area contributed by atoms with Crippen LogP contribution in [0.5, 0.6) is 0 Å². The third-order valence-corrected chi connectivity index (χ3v) is 1.84. The lowest BCUT2D eigenvalue weighted by Crippen LogP contribution is -2.03. The summed E-state index contributed by atoms with van der Waals surface area (Å²) in [5.41, 5.74) is 0. The largest absolute Gasteiger partial charge is 0.396 e. The van der Waals surface area contributed by atoms with Gasteiger partial charge in [0.15, 0.2) is 0 Å². The van der Waals surface area contributed by atoms with Crippen molar-refractivity contribution in [2.75, 3.05) is 18.5 Å². The van der Waals surface area contributed by atoms with E-state index in [0.29, 0.717) is 5.02 Å². The molecule has 0 aliphatic carbocycles. The van der Waals surface area contributed by atoms with Crippen molar-refractivity contribution >= 4 is 17.4 Å². The molecule has 1 heterocycles. The van der Waals surface area contributed by atoms with Gasteiger partial charge >= 0.3 is 0 Å². The number of anilines is 1. The molecular weight excluding hydrogens is 188 g/mol. The first-order chi connectivity index (χ1) is 6.33. The van der Waals surface area contributed by atoms with Crippen LogP contribution in [-0.2, 0) is 0 Å². The Kier molecular flexibility index (Phi) is 4.57. The Balaban J connectivity index is 2.25. The number of hydrogen-bond donors (Lipinski definition) is 2.